The van der Waals surface area contributed by atoms with E-state index in [-0.39, 0.29) is 35.4 Å². The summed E-state index contributed by atoms with van der Waals surface area (Å²) >= 11 is 0. The Labute approximate surface area is 277 Å². The van der Waals surface area contributed by atoms with Gasteiger partial charge in [-0.15, -0.1) is 0 Å². The second kappa shape index (κ2) is 13.5. The largest absolute Gasteiger partial charge is 0.416 e. The number of carbonyl (C=O) groups is 1. The quantitative estimate of drug-likeness (QED) is 0.163. The molecule has 1 aliphatic rings. The minimum absolute atomic E-state index is 0.0745. The molecule has 2 aromatic carbocycles. The highest BCUT2D eigenvalue weighted by Crippen LogP contribution is 2.35. The molecular weight excluding hydrogens is 617 g/mol. The first-order valence-corrected chi connectivity index (χ1v) is 15.8. The van der Waals surface area contributed by atoms with E-state index in [1.165, 1.54) is 12.1 Å². The number of carbonyl (C=O) groups excluding carboxylic acids is 1. The van der Waals surface area contributed by atoms with E-state index in [2.05, 4.69) is 51.7 Å². The van der Waals surface area contributed by atoms with Crippen LogP contribution in [0.1, 0.15) is 64.6 Å². The number of hydrogen-bond donors (Lipinski definition) is 3. The van der Waals surface area contributed by atoms with E-state index >= 15 is 0 Å². The zero-order valence-electron chi connectivity index (χ0n) is 27.2. The SMILES string of the molecule is CNC1CCN(Cc2ccc(NC(=O)c3ccc(C)c(C#Cc4cnc5c(Nc6cnn(C(C)C)c6)cccn45)c3)cc2C(F)(F)F)C1. The predicted octanol–water partition coefficient (Wildman–Crippen LogP) is 6.63. The maximum atomic E-state index is 14.1. The van der Waals surface area contributed by atoms with Crippen molar-refractivity contribution >= 4 is 28.6 Å². The molecular formula is C36H37F3N8O. The van der Waals surface area contributed by atoms with Gasteiger partial charge in [0.05, 0.1) is 29.3 Å². The smallest absolute Gasteiger partial charge is 0.350 e. The van der Waals surface area contributed by atoms with Crippen LogP contribution in [0, 0.1) is 18.8 Å². The molecule has 0 saturated carbocycles. The number of nitrogens with one attached hydrogen (secondary N) is 3. The molecule has 0 bridgehead atoms. The third-order valence-corrected chi connectivity index (χ3v) is 8.52. The van der Waals surface area contributed by atoms with Gasteiger partial charge in [0.1, 0.15) is 5.69 Å². The zero-order chi connectivity index (χ0) is 34.0. The summed E-state index contributed by atoms with van der Waals surface area (Å²) in [4.78, 5) is 19.8. The number of nitrogens with zero attached hydrogens (tertiary/aromatic N) is 5. The minimum atomic E-state index is -4.56. The van der Waals surface area contributed by atoms with E-state index in [1.807, 2.05) is 52.5 Å². The molecule has 48 heavy (non-hydrogen) atoms. The molecule has 0 spiro atoms. The summed E-state index contributed by atoms with van der Waals surface area (Å²) in [6, 6.07) is 13.4. The van der Waals surface area contributed by atoms with Crippen molar-refractivity contribution in [3.8, 4) is 11.8 Å². The first-order chi connectivity index (χ1) is 23.0. The third kappa shape index (κ3) is 7.22. The lowest BCUT2D eigenvalue weighted by Gasteiger charge is -2.20. The number of hydrogen-bond acceptors (Lipinski definition) is 6. The van der Waals surface area contributed by atoms with Gasteiger partial charge >= 0.3 is 6.18 Å². The molecule has 1 fully saturated rings. The van der Waals surface area contributed by atoms with Crippen LogP contribution < -0.4 is 16.0 Å². The highest BCUT2D eigenvalue weighted by Gasteiger charge is 2.35. The number of likely N-dealkylation sites (N-methyl/N-ethyl adjacent to an activating group) is 1. The van der Waals surface area contributed by atoms with E-state index in [0.29, 0.717) is 23.4 Å². The molecule has 9 nitrogen and oxygen atoms in total. The van der Waals surface area contributed by atoms with Crippen molar-refractivity contribution in [2.45, 2.75) is 52.0 Å². The second-order valence-electron chi connectivity index (χ2n) is 12.3. The number of aryl methyl sites for hydroxylation is 1. The Bertz CT molecular complexity index is 2020. The van der Waals surface area contributed by atoms with Crippen molar-refractivity contribution < 1.29 is 18.0 Å². The first kappa shape index (κ1) is 32.8. The van der Waals surface area contributed by atoms with Crippen LogP contribution in [0.3, 0.4) is 0 Å². The van der Waals surface area contributed by atoms with Crippen molar-refractivity contribution in [3.05, 3.63) is 107 Å². The molecule has 4 heterocycles. The minimum Gasteiger partial charge on any atom is -0.350 e. The van der Waals surface area contributed by atoms with Gasteiger partial charge in [-0.1, -0.05) is 18.1 Å². The van der Waals surface area contributed by atoms with Crippen LogP contribution in [0.15, 0.2) is 73.3 Å². The summed E-state index contributed by atoms with van der Waals surface area (Å²) in [6.45, 7) is 7.60. The van der Waals surface area contributed by atoms with E-state index in [0.717, 1.165) is 36.0 Å². The molecule has 0 radical (unpaired) electrons. The van der Waals surface area contributed by atoms with Crippen LogP contribution in [0.2, 0.25) is 0 Å². The molecule has 5 aromatic rings. The molecule has 1 atom stereocenters. The van der Waals surface area contributed by atoms with Crippen molar-refractivity contribution in [1.82, 2.24) is 29.4 Å². The third-order valence-electron chi connectivity index (χ3n) is 8.52. The number of amides is 1. The Morgan fingerprint density at radius 3 is 2.65 bits per heavy atom. The lowest BCUT2D eigenvalue weighted by molar-refractivity contribution is -0.138. The molecule has 1 unspecified atom stereocenters. The predicted molar refractivity (Wildman–Crippen MR) is 180 cm³/mol. The Kier molecular flexibility index (Phi) is 9.26. The van der Waals surface area contributed by atoms with Gasteiger partial charge in [-0.25, -0.2) is 4.98 Å². The molecule has 1 saturated heterocycles. The lowest BCUT2D eigenvalue weighted by Crippen LogP contribution is -2.29. The summed E-state index contributed by atoms with van der Waals surface area (Å²) in [6.07, 6.45) is 3.58. The summed E-state index contributed by atoms with van der Waals surface area (Å²) in [5.74, 6) is 5.78. The number of halogens is 3. The van der Waals surface area contributed by atoms with E-state index in [4.69, 9.17) is 0 Å². The maximum absolute atomic E-state index is 14.1. The highest BCUT2D eigenvalue weighted by atomic mass is 19.4. The number of likely N-dealkylation sites (tertiary alicyclic amines) is 1. The Morgan fingerprint density at radius 1 is 1.08 bits per heavy atom. The van der Waals surface area contributed by atoms with Crippen LogP contribution in [-0.4, -0.2) is 56.2 Å². The van der Waals surface area contributed by atoms with Crippen LogP contribution in [0.4, 0.5) is 30.2 Å². The molecule has 1 aliphatic heterocycles. The number of rotatable bonds is 8. The monoisotopic (exact) mass is 654 g/mol. The zero-order valence-corrected chi connectivity index (χ0v) is 27.2. The molecule has 12 heteroatoms. The van der Waals surface area contributed by atoms with Crippen LogP contribution in [-0.2, 0) is 12.7 Å². The average molecular weight is 655 g/mol. The molecule has 248 valence electrons. The maximum Gasteiger partial charge on any atom is 0.416 e. The second-order valence-corrected chi connectivity index (χ2v) is 12.3. The number of pyridine rings is 1. The highest BCUT2D eigenvalue weighted by molar-refractivity contribution is 6.04. The number of alkyl halides is 3. The summed E-state index contributed by atoms with van der Waals surface area (Å²) in [5, 5.41) is 13.6. The molecule has 3 aromatic heterocycles. The van der Waals surface area contributed by atoms with E-state index in [1.54, 1.807) is 30.6 Å². The van der Waals surface area contributed by atoms with Crippen molar-refractivity contribution in [1.29, 1.82) is 0 Å². The summed E-state index contributed by atoms with van der Waals surface area (Å²) in [7, 11) is 1.86. The van der Waals surface area contributed by atoms with E-state index < -0.39 is 17.6 Å². The van der Waals surface area contributed by atoms with Gasteiger partial charge in [-0.3, -0.25) is 18.8 Å². The van der Waals surface area contributed by atoms with Crippen LogP contribution in [0.25, 0.3) is 5.65 Å². The normalized spacial score (nSPS) is 15.1. The van der Waals surface area contributed by atoms with Crippen molar-refractivity contribution in [3.63, 3.8) is 0 Å². The topological polar surface area (TPSA) is 91.5 Å². The molecule has 0 aliphatic carbocycles. The number of anilines is 3. The molecule has 3 N–H and O–H groups in total. The van der Waals surface area contributed by atoms with Gasteiger partial charge in [-0.2, -0.15) is 18.3 Å². The number of fused-ring (bicyclic) bond motifs is 1. The summed E-state index contributed by atoms with van der Waals surface area (Å²) in [5.41, 5.74) is 4.23. The van der Waals surface area contributed by atoms with Crippen molar-refractivity contribution in [2.24, 2.45) is 0 Å². The number of imidazole rings is 1. The van der Waals surface area contributed by atoms with Crippen molar-refractivity contribution in [2.75, 3.05) is 30.8 Å². The number of benzene rings is 2. The Morgan fingerprint density at radius 2 is 1.92 bits per heavy atom. The van der Waals surface area contributed by atoms with Crippen LogP contribution >= 0.6 is 0 Å². The van der Waals surface area contributed by atoms with Gasteiger partial charge in [-0.05, 0) is 87.7 Å². The van der Waals surface area contributed by atoms with Gasteiger partial charge < -0.3 is 16.0 Å². The molecule has 6 rings (SSSR count). The first-order valence-electron chi connectivity index (χ1n) is 15.8. The standard InChI is InChI=1S/C36H37F3N8O/c1-23(2)47-22-30(18-42-47)43-33-6-5-14-46-31(19-41-34(33)46)12-10-25-16-26(8-7-24(25)3)35(48)44-28-11-9-27(32(17-28)36(37,38)39)20-45-15-13-29(21-45)40-4/h5-9,11,14,16-19,22-23,29,40,43H,13,15,20-21H2,1-4H3,(H,44,48). The fraction of sp³-hybridized carbons (Fsp3) is 0.306. The van der Waals surface area contributed by atoms with Gasteiger partial charge in [0.2, 0.25) is 0 Å². The van der Waals surface area contributed by atoms with Gasteiger partial charge in [0.25, 0.3) is 5.91 Å². The lowest BCUT2D eigenvalue weighted by atomic mass is 10.0. The van der Waals surface area contributed by atoms with Crippen LogP contribution in [0.5, 0.6) is 0 Å². The van der Waals surface area contributed by atoms with Gasteiger partial charge in [0.15, 0.2) is 5.65 Å². The van der Waals surface area contributed by atoms with E-state index in [9.17, 15) is 18.0 Å². The number of aromatic nitrogens is 4. The Balaban J connectivity index is 1.19. The fourth-order valence-electron chi connectivity index (χ4n) is 5.78. The molecule has 1 amide bonds. The average Bonchev–Trinajstić information content (AvgIpc) is 3.81. The fourth-order valence-corrected chi connectivity index (χ4v) is 5.78. The Hall–Kier alpha value is -5.12. The van der Waals surface area contributed by atoms with Gasteiger partial charge in [0, 0.05) is 60.9 Å². The summed E-state index contributed by atoms with van der Waals surface area (Å²) < 4.78 is 46.0.